The standard InChI is InChI=1S/C11H18FNO/c1-11(12,10-4-6-14-8-10)9-3-2-5-13-7-9/h8-9,13H,2-7H2,1H3. The van der Waals surface area contributed by atoms with E-state index in [0.29, 0.717) is 6.61 Å². The molecule has 80 valence electrons. The zero-order chi connectivity index (χ0) is 10.0. The molecule has 0 aliphatic carbocycles. The Bertz CT molecular complexity index is 231. The van der Waals surface area contributed by atoms with Gasteiger partial charge in [0.2, 0.25) is 0 Å². The normalized spacial score (nSPS) is 31.9. The molecule has 1 N–H and O–H groups in total. The van der Waals surface area contributed by atoms with Crippen LogP contribution in [0.25, 0.3) is 0 Å². The summed E-state index contributed by atoms with van der Waals surface area (Å²) >= 11 is 0. The van der Waals surface area contributed by atoms with Gasteiger partial charge in [-0.05, 0) is 26.3 Å². The summed E-state index contributed by atoms with van der Waals surface area (Å²) in [4.78, 5) is 0. The molecular formula is C11H18FNO. The Kier molecular flexibility index (Phi) is 2.77. The molecule has 2 rings (SSSR count). The van der Waals surface area contributed by atoms with Gasteiger partial charge in [0, 0.05) is 24.5 Å². The van der Waals surface area contributed by atoms with Crippen molar-refractivity contribution in [3.05, 3.63) is 11.8 Å². The third kappa shape index (κ3) is 1.78. The van der Waals surface area contributed by atoms with Crippen molar-refractivity contribution < 1.29 is 9.13 Å². The second-order valence-electron chi connectivity index (χ2n) is 4.38. The Morgan fingerprint density at radius 1 is 1.64 bits per heavy atom. The van der Waals surface area contributed by atoms with Crippen LogP contribution in [0.5, 0.6) is 0 Å². The van der Waals surface area contributed by atoms with Gasteiger partial charge in [0.25, 0.3) is 0 Å². The molecule has 0 aromatic rings. The van der Waals surface area contributed by atoms with Gasteiger partial charge in [0.1, 0.15) is 5.67 Å². The van der Waals surface area contributed by atoms with E-state index in [1.54, 1.807) is 13.2 Å². The SMILES string of the molecule is CC(F)(C1=COCC1)C1CCCNC1. The van der Waals surface area contributed by atoms with Crippen LogP contribution in [-0.2, 0) is 4.74 Å². The van der Waals surface area contributed by atoms with Crippen LogP contribution in [0.1, 0.15) is 26.2 Å². The summed E-state index contributed by atoms with van der Waals surface area (Å²) in [5.41, 5.74) is -0.338. The molecule has 1 saturated heterocycles. The molecule has 0 bridgehead atoms. The molecule has 0 amide bonds. The molecule has 0 aromatic heterocycles. The Hall–Kier alpha value is -0.570. The topological polar surface area (TPSA) is 21.3 Å². The lowest BCUT2D eigenvalue weighted by Crippen LogP contribution is -2.42. The van der Waals surface area contributed by atoms with Crippen LogP contribution in [0.4, 0.5) is 4.39 Å². The molecule has 2 unspecified atom stereocenters. The van der Waals surface area contributed by atoms with E-state index in [9.17, 15) is 4.39 Å². The van der Waals surface area contributed by atoms with Crippen molar-refractivity contribution in [2.75, 3.05) is 19.7 Å². The van der Waals surface area contributed by atoms with Gasteiger partial charge in [-0.15, -0.1) is 0 Å². The van der Waals surface area contributed by atoms with Gasteiger partial charge in [0.05, 0.1) is 12.9 Å². The fourth-order valence-electron chi connectivity index (χ4n) is 2.32. The minimum atomic E-state index is -1.18. The molecule has 2 heterocycles. The number of ether oxygens (including phenoxy) is 1. The van der Waals surface area contributed by atoms with Crippen molar-refractivity contribution in [3.63, 3.8) is 0 Å². The summed E-state index contributed by atoms with van der Waals surface area (Å²) in [6.45, 7) is 4.17. The van der Waals surface area contributed by atoms with Crippen molar-refractivity contribution in [1.82, 2.24) is 5.32 Å². The number of nitrogens with one attached hydrogen (secondary N) is 1. The van der Waals surface area contributed by atoms with Crippen molar-refractivity contribution in [2.45, 2.75) is 31.9 Å². The van der Waals surface area contributed by atoms with Crippen LogP contribution in [0.3, 0.4) is 0 Å². The summed E-state index contributed by atoms with van der Waals surface area (Å²) in [6.07, 6.45) is 4.44. The van der Waals surface area contributed by atoms with Gasteiger partial charge in [-0.25, -0.2) is 4.39 Å². The number of hydrogen-bond acceptors (Lipinski definition) is 2. The first kappa shape index (κ1) is 9.97. The highest BCUT2D eigenvalue weighted by atomic mass is 19.1. The van der Waals surface area contributed by atoms with Crippen LogP contribution in [0, 0.1) is 5.92 Å². The predicted molar refractivity (Wildman–Crippen MR) is 53.8 cm³/mol. The van der Waals surface area contributed by atoms with Gasteiger partial charge < -0.3 is 10.1 Å². The molecule has 2 aliphatic rings. The average molecular weight is 199 g/mol. The summed E-state index contributed by atoms with van der Waals surface area (Å²) in [6, 6.07) is 0. The zero-order valence-corrected chi connectivity index (χ0v) is 8.68. The predicted octanol–water partition coefficient (Wildman–Crippen LogP) is 2.02. The zero-order valence-electron chi connectivity index (χ0n) is 8.68. The summed E-state index contributed by atoms with van der Waals surface area (Å²) in [5, 5.41) is 3.26. The number of rotatable bonds is 2. The maximum Gasteiger partial charge on any atom is 0.136 e. The average Bonchev–Trinajstić information content (AvgIpc) is 2.72. The fourth-order valence-corrected chi connectivity index (χ4v) is 2.32. The van der Waals surface area contributed by atoms with Crippen molar-refractivity contribution >= 4 is 0 Å². The molecule has 1 fully saturated rings. The molecule has 0 aromatic carbocycles. The largest absolute Gasteiger partial charge is 0.501 e. The van der Waals surface area contributed by atoms with Gasteiger partial charge in [-0.3, -0.25) is 0 Å². The number of piperidine rings is 1. The fraction of sp³-hybridized carbons (Fsp3) is 0.818. The van der Waals surface area contributed by atoms with E-state index in [1.165, 1.54) is 0 Å². The first-order valence-electron chi connectivity index (χ1n) is 5.42. The molecular weight excluding hydrogens is 181 g/mol. The van der Waals surface area contributed by atoms with Crippen molar-refractivity contribution in [2.24, 2.45) is 5.92 Å². The first-order chi connectivity index (χ1) is 6.71. The lowest BCUT2D eigenvalue weighted by molar-refractivity contribution is 0.118. The molecule has 14 heavy (non-hydrogen) atoms. The molecule has 0 saturated carbocycles. The highest BCUT2D eigenvalue weighted by Crippen LogP contribution is 2.37. The quantitative estimate of drug-likeness (QED) is 0.734. The smallest absolute Gasteiger partial charge is 0.136 e. The Labute approximate surface area is 84.5 Å². The maximum atomic E-state index is 14.5. The summed E-state index contributed by atoms with van der Waals surface area (Å²) in [7, 11) is 0. The van der Waals surface area contributed by atoms with Crippen molar-refractivity contribution in [1.29, 1.82) is 0 Å². The minimum Gasteiger partial charge on any atom is -0.501 e. The monoisotopic (exact) mass is 199 g/mol. The Morgan fingerprint density at radius 2 is 2.50 bits per heavy atom. The lowest BCUT2D eigenvalue weighted by atomic mass is 9.79. The van der Waals surface area contributed by atoms with Crippen LogP contribution >= 0.6 is 0 Å². The number of hydrogen-bond donors (Lipinski definition) is 1. The second-order valence-corrected chi connectivity index (χ2v) is 4.38. The molecule has 2 aliphatic heterocycles. The first-order valence-corrected chi connectivity index (χ1v) is 5.42. The van der Waals surface area contributed by atoms with E-state index >= 15 is 0 Å². The van der Waals surface area contributed by atoms with E-state index in [-0.39, 0.29) is 5.92 Å². The van der Waals surface area contributed by atoms with E-state index in [2.05, 4.69) is 5.32 Å². The van der Waals surface area contributed by atoms with Crippen LogP contribution in [-0.4, -0.2) is 25.4 Å². The maximum absolute atomic E-state index is 14.5. The second kappa shape index (κ2) is 3.89. The van der Waals surface area contributed by atoms with Crippen molar-refractivity contribution in [3.8, 4) is 0 Å². The highest BCUT2D eigenvalue weighted by molar-refractivity contribution is 5.18. The van der Waals surface area contributed by atoms with Gasteiger partial charge in [-0.2, -0.15) is 0 Å². The number of halogens is 1. The Balaban J connectivity index is 2.05. The van der Waals surface area contributed by atoms with Crippen LogP contribution in [0.15, 0.2) is 11.8 Å². The Morgan fingerprint density at radius 3 is 3.07 bits per heavy atom. The van der Waals surface area contributed by atoms with Gasteiger partial charge in [-0.1, -0.05) is 0 Å². The highest BCUT2D eigenvalue weighted by Gasteiger charge is 2.39. The lowest BCUT2D eigenvalue weighted by Gasteiger charge is -2.34. The van der Waals surface area contributed by atoms with E-state index in [0.717, 1.165) is 37.9 Å². The van der Waals surface area contributed by atoms with Crippen LogP contribution in [0.2, 0.25) is 0 Å². The molecule has 3 heteroatoms. The molecule has 0 radical (unpaired) electrons. The van der Waals surface area contributed by atoms with Crippen LogP contribution < -0.4 is 5.32 Å². The third-order valence-corrected chi connectivity index (χ3v) is 3.41. The summed E-state index contributed by atoms with van der Waals surface area (Å²) < 4.78 is 19.6. The third-order valence-electron chi connectivity index (χ3n) is 3.41. The van der Waals surface area contributed by atoms with E-state index in [1.807, 2.05) is 0 Å². The summed E-state index contributed by atoms with van der Waals surface area (Å²) in [5.74, 6) is 0.115. The molecule has 0 spiro atoms. The molecule has 2 nitrogen and oxygen atoms in total. The minimum absolute atomic E-state index is 0.115. The molecule has 2 atom stereocenters. The van der Waals surface area contributed by atoms with E-state index < -0.39 is 5.67 Å². The van der Waals surface area contributed by atoms with Gasteiger partial charge >= 0.3 is 0 Å². The van der Waals surface area contributed by atoms with E-state index in [4.69, 9.17) is 4.74 Å². The number of alkyl halides is 1. The van der Waals surface area contributed by atoms with Gasteiger partial charge in [0.15, 0.2) is 0 Å².